The number of amides is 1. The molecule has 0 spiro atoms. The number of carbonyl (C=O) groups is 1. The first-order valence-corrected chi connectivity index (χ1v) is 6.89. The highest BCUT2D eigenvalue weighted by molar-refractivity contribution is 6.02. The minimum atomic E-state index is -0.373. The predicted octanol–water partition coefficient (Wildman–Crippen LogP) is 1.34. The average molecular weight is 299 g/mol. The normalized spacial score (nSPS) is 11.1. The molecule has 8 heteroatoms. The van der Waals surface area contributed by atoms with Crippen LogP contribution in [-0.4, -0.2) is 35.3 Å². The lowest BCUT2D eigenvalue weighted by Crippen LogP contribution is -2.15. The summed E-state index contributed by atoms with van der Waals surface area (Å²) in [5, 5.41) is 11.3. The van der Waals surface area contributed by atoms with Crippen molar-refractivity contribution in [3.63, 3.8) is 0 Å². The Kier molecular flexibility index (Phi) is 3.16. The molecule has 0 aliphatic heterocycles. The molecule has 0 aliphatic carbocycles. The summed E-state index contributed by atoms with van der Waals surface area (Å²) in [6.45, 7) is 7.51. The van der Waals surface area contributed by atoms with E-state index in [4.69, 9.17) is 0 Å². The van der Waals surface area contributed by atoms with Gasteiger partial charge in [-0.25, -0.2) is 9.50 Å². The van der Waals surface area contributed by atoms with Gasteiger partial charge < -0.3 is 5.32 Å². The molecule has 0 aliphatic rings. The highest BCUT2D eigenvalue weighted by atomic mass is 16.2. The molecule has 0 atom stereocenters. The summed E-state index contributed by atoms with van der Waals surface area (Å²) in [5.74, 6) is 0.132. The van der Waals surface area contributed by atoms with E-state index in [1.807, 2.05) is 40.8 Å². The van der Waals surface area contributed by atoms with Gasteiger partial charge >= 0.3 is 0 Å². The van der Waals surface area contributed by atoms with Crippen molar-refractivity contribution in [3.05, 3.63) is 34.7 Å². The van der Waals surface area contributed by atoms with E-state index in [0.29, 0.717) is 11.5 Å². The Balaban J connectivity index is 1.97. The van der Waals surface area contributed by atoms with Gasteiger partial charge in [0.05, 0.1) is 17.1 Å². The molecular formula is C14H17N7O. The minimum absolute atomic E-state index is 0.0869. The molecule has 114 valence electrons. The maximum absolute atomic E-state index is 12.4. The number of hydrogen-bond donors (Lipinski definition) is 1. The van der Waals surface area contributed by atoms with E-state index in [1.165, 1.54) is 0 Å². The van der Waals surface area contributed by atoms with Gasteiger partial charge in [-0.15, -0.1) is 5.10 Å². The molecule has 3 aromatic heterocycles. The summed E-state index contributed by atoms with van der Waals surface area (Å²) in [6.07, 6.45) is 0. The number of hydrogen-bond acceptors (Lipinski definition) is 5. The first kappa shape index (κ1) is 14.2. The molecule has 0 aromatic carbocycles. The van der Waals surface area contributed by atoms with Crippen molar-refractivity contribution >= 4 is 17.4 Å². The lowest BCUT2D eigenvalue weighted by Gasteiger charge is -2.02. The van der Waals surface area contributed by atoms with Crippen LogP contribution >= 0.6 is 0 Å². The highest BCUT2D eigenvalue weighted by Gasteiger charge is 2.18. The van der Waals surface area contributed by atoms with Crippen LogP contribution < -0.4 is 5.32 Å². The summed E-state index contributed by atoms with van der Waals surface area (Å²) < 4.78 is 3.28. The summed E-state index contributed by atoms with van der Waals surface area (Å²) in [7, 11) is 1.83. The van der Waals surface area contributed by atoms with Crippen molar-refractivity contribution in [2.24, 2.45) is 7.05 Å². The van der Waals surface area contributed by atoms with Gasteiger partial charge in [-0.2, -0.15) is 10.1 Å². The number of nitrogens with zero attached hydrogens (tertiary/aromatic N) is 6. The number of nitrogens with one attached hydrogen (secondary N) is 1. The van der Waals surface area contributed by atoms with Crippen LogP contribution in [0.15, 0.2) is 6.07 Å². The van der Waals surface area contributed by atoms with Gasteiger partial charge in [0.25, 0.3) is 11.7 Å². The first-order chi connectivity index (χ1) is 10.4. The number of fused-ring (bicyclic) bond motifs is 1. The van der Waals surface area contributed by atoms with Gasteiger partial charge in [0.2, 0.25) is 5.82 Å². The zero-order valence-electron chi connectivity index (χ0n) is 13.2. The van der Waals surface area contributed by atoms with E-state index >= 15 is 0 Å². The van der Waals surface area contributed by atoms with E-state index in [2.05, 4.69) is 25.5 Å². The lowest BCUT2D eigenvalue weighted by molar-refractivity contribution is 0.101. The fourth-order valence-corrected chi connectivity index (χ4v) is 2.39. The Morgan fingerprint density at radius 3 is 2.50 bits per heavy atom. The van der Waals surface area contributed by atoms with Crippen LogP contribution in [0.2, 0.25) is 0 Å². The van der Waals surface area contributed by atoms with E-state index in [0.717, 1.165) is 22.8 Å². The second-order valence-electron chi connectivity index (χ2n) is 5.31. The zero-order chi connectivity index (χ0) is 16.0. The third kappa shape index (κ3) is 2.22. The summed E-state index contributed by atoms with van der Waals surface area (Å²) in [5.41, 5.74) is 4.03. The van der Waals surface area contributed by atoms with Crippen LogP contribution in [0.4, 0.5) is 5.69 Å². The van der Waals surface area contributed by atoms with Gasteiger partial charge in [-0.3, -0.25) is 9.48 Å². The lowest BCUT2D eigenvalue weighted by atomic mass is 10.3. The van der Waals surface area contributed by atoms with Gasteiger partial charge in [-0.05, 0) is 33.8 Å². The Morgan fingerprint density at radius 2 is 1.86 bits per heavy atom. The first-order valence-electron chi connectivity index (χ1n) is 6.89. The molecule has 22 heavy (non-hydrogen) atoms. The molecule has 0 bridgehead atoms. The second-order valence-corrected chi connectivity index (χ2v) is 5.31. The molecule has 3 aromatic rings. The van der Waals surface area contributed by atoms with Crippen molar-refractivity contribution in [2.45, 2.75) is 27.7 Å². The molecule has 8 nitrogen and oxygen atoms in total. The maximum Gasteiger partial charge on any atom is 0.295 e. The molecule has 0 saturated carbocycles. The fraction of sp³-hybridized carbons (Fsp3) is 0.357. The quantitative estimate of drug-likeness (QED) is 0.771. The minimum Gasteiger partial charge on any atom is -0.316 e. The molecule has 3 heterocycles. The molecule has 1 N–H and O–H groups in total. The maximum atomic E-state index is 12.4. The summed E-state index contributed by atoms with van der Waals surface area (Å²) >= 11 is 0. The SMILES string of the molecule is Cc1cc(C)n2nc(C(=O)Nc3c(C)nn(C)c3C)nc2n1. The van der Waals surface area contributed by atoms with Crippen LogP contribution in [0.3, 0.4) is 0 Å². The molecule has 0 unspecified atom stereocenters. The van der Waals surface area contributed by atoms with Crippen LogP contribution in [0.5, 0.6) is 0 Å². The summed E-state index contributed by atoms with van der Waals surface area (Å²) in [4.78, 5) is 20.9. The molecule has 0 saturated heterocycles. The van der Waals surface area contributed by atoms with E-state index in [1.54, 1.807) is 9.20 Å². The number of aromatic nitrogens is 6. The largest absolute Gasteiger partial charge is 0.316 e. The van der Waals surface area contributed by atoms with Crippen LogP contribution in [0.25, 0.3) is 5.78 Å². The Morgan fingerprint density at radius 1 is 1.14 bits per heavy atom. The topological polar surface area (TPSA) is 90.0 Å². The van der Waals surface area contributed by atoms with Gasteiger partial charge in [0, 0.05) is 18.4 Å². The third-order valence-corrected chi connectivity index (χ3v) is 3.57. The standard InChI is InChI=1S/C14H17N7O/c1-7-6-8(2)21-14(15-7)17-12(19-21)13(22)16-11-9(3)18-20(5)10(11)4/h6H,1-5H3,(H,16,22). The second kappa shape index (κ2) is 4.90. The van der Waals surface area contributed by atoms with Crippen LogP contribution in [0, 0.1) is 27.7 Å². The fourth-order valence-electron chi connectivity index (χ4n) is 2.39. The molecule has 1 amide bonds. The van der Waals surface area contributed by atoms with Crippen molar-refractivity contribution in [1.29, 1.82) is 0 Å². The Hall–Kier alpha value is -2.77. The van der Waals surface area contributed by atoms with E-state index < -0.39 is 0 Å². The van der Waals surface area contributed by atoms with E-state index in [9.17, 15) is 4.79 Å². The van der Waals surface area contributed by atoms with Crippen LogP contribution in [-0.2, 0) is 7.05 Å². The van der Waals surface area contributed by atoms with Gasteiger partial charge in [0.1, 0.15) is 0 Å². The van der Waals surface area contributed by atoms with Crippen molar-refractivity contribution in [3.8, 4) is 0 Å². The molecule has 0 fully saturated rings. The van der Waals surface area contributed by atoms with Crippen molar-refractivity contribution < 1.29 is 4.79 Å². The van der Waals surface area contributed by atoms with Crippen molar-refractivity contribution in [1.82, 2.24) is 29.4 Å². The monoisotopic (exact) mass is 299 g/mol. The van der Waals surface area contributed by atoms with Gasteiger partial charge in [0.15, 0.2) is 0 Å². The summed E-state index contributed by atoms with van der Waals surface area (Å²) in [6, 6.07) is 1.89. The number of aryl methyl sites for hydroxylation is 4. The number of rotatable bonds is 2. The smallest absolute Gasteiger partial charge is 0.295 e. The third-order valence-electron chi connectivity index (χ3n) is 3.57. The number of carbonyl (C=O) groups excluding carboxylic acids is 1. The Labute approximate surface area is 127 Å². The average Bonchev–Trinajstić information content (AvgIpc) is 2.96. The zero-order valence-corrected chi connectivity index (χ0v) is 13.2. The molecule has 3 rings (SSSR count). The Bertz CT molecular complexity index is 890. The van der Waals surface area contributed by atoms with Crippen LogP contribution in [0.1, 0.15) is 33.4 Å². The molecule has 0 radical (unpaired) electrons. The number of anilines is 1. The van der Waals surface area contributed by atoms with E-state index in [-0.39, 0.29) is 11.7 Å². The molecular weight excluding hydrogens is 282 g/mol. The predicted molar refractivity (Wildman–Crippen MR) is 80.9 cm³/mol. The highest BCUT2D eigenvalue weighted by Crippen LogP contribution is 2.19. The van der Waals surface area contributed by atoms with Gasteiger partial charge in [-0.1, -0.05) is 0 Å². The van der Waals surface area contributed by atoms with Crippen molar-refractivity contribution in [2.75, 3.05) is 5.32 Å².